The summed E-state index contributed by atoms with van der Waals surface area (Å²) >= 11 is 0. The molecule has 0 radical (unpaired) electrons. The van der Waals surface area contributed by atoms with Crippen LogP contribution in [0.1, 0.15) is 47.0 Å². The lowest BCUT2D eigenvalue weighted by atomic mass is 9.65. The van der Waals surface area contributed by atoms with Crippen LogP contribution in [0.2, 0.25) is 0 Å². The van der Waals surface area contributed by atoms with Gasteiger partial charge in [0, 0.05) is 45.7 Å². The van der Waals surface area contributed by atoms with Gasteiger partial charge in [0.2, 0.25) is 5.91 Å². The zero-order valence-corrected chi connectivity index (χ0v) is 15.3. The van der Waals surface area contributed by atoms with E-state index in [0.29, 0.717) is 32.7 Å². The van der Waals surface area contributed by atoms with Crippen molar-refractivity contribution in [1.29, 1.82) is 0 Å². The zero-order chi connectivity index (χ0) is 17.7. The topological polar surface area (TPSA) is 60.9 Å². The molecule has 1 aliphatic carbocycles. The Kier molecular flexibility index (Phi) is 4.12. The maximum Gasteiger partial charge on any atom is 0.312 e. The number of carbonyl (C=O) groups excluding carboxylic acids is 3. The van der Waals surface area contributed by atoms with Gasteiger partial charge in [-0.3, -0.25) is 14.4 Å². The van der Waals surface area contributed by atoms with E-state index in [1.165, 1.54) is 6.92 Å². The lowest BCUT2D eigenvalue weighted by molar-refractivity contribution is -0.154. The molecule has 0 aromatic heterocycles. The predicted octanol–water partition coefficient (Wildman–Crippen LogP) is 1.10. The number of likely N-dealkylation sites (tertiary alicyclic amines) is 1. The summed E-state index contributed by atoms with van der Waals surface area (Å²) in [5, 5.41) is 0. The molecule has 3 fully saturated rings. The Labute approximate surface area is 144 Å². The van der Waals surface area contributed by atoms with Gasteiger partial charge in [-0.25, -0.2) is 0 Å². The van der Waals surface area contributed by atoms with Crippen LogP contribution in [0.4, 0.5) is 0 Å². The third kappa shape index (κ3) is 3.15. The molecule has 2 heterocycles. The van der Waals surface area contributed by atoms with Crippen LogP contribution in [-0.4, -0.2) is 71.2 Å². The van der Waals surface area contributed by atoms with Gasteiger partial charge in [0.1, 0.15) is 0 Å². The first-order valence-corrected chi connectivity index (χ1v) is 8.96. The summed E-state index contributed by atoms with van der Waals surface area (Å²) in [6.45, 7) is 10.9. The minimum Gasteiger partial charge on any atom is -0.339 e. The van der Waals surface area contributed by atoms with E-state index < -0.39 is 5.91 Å². The van der Waals surface area contributed by atoms with Gasteiger partial charge in [-0.15, -0.1) is 0 Å². The average Bonchev–Trinajstić information content (AvgIpc) is 2.74. The largest absolute Gasteiger partial charge is 0.339 e. The van der Waals surface area contributed by atoms with Crippen LogP contribution >= 0.6 is 0 Å². The molecule has 3 rings (SSSR count). The first-order valence-electron chi connectivity index (χ1n) is 8.96. The molecule has 3 aliphatic rings. The van der Waals surface area contributed by atoms with Gasteiger partial charge >= 0.3 is 11.8 Å². The van der Waals surface area contributed by atoms with Crippen molar-refractivity contribution in [3.8, 4) is 0 Å². The summed E-state index contributed by atoms with van der Waals surface area (Å²) in [5.41, 5.74) is 0.360. The van der Waals surface area contributed by atoms with E-state index in [2.05, 4.69) is 20.8 Å². The quantitative estimate of drug-likeness (QED) is 0.623. The molecule has 0 spiro atoms. The number of rotatable bonds is 0. The summed E-state index contributed by atoms with van der Waals surface area (Å²) in [6, 6.07) is 0.189. The van der Waals surface area contributed by atoms with Crippen LogP contribution < -0.4 is 0 Å². The van der Waals surface area contributed by atoms with Crippen molar-refractivity contribution in [3.63, 3.8) is 0 Å². The lowest BCUT2D eigenvalue weighted by Gasteiger charge is -2.39. The molecule has 3 amide bonds. The van der Waals surface area contributed by atoms with Crippen molar-refractivity contribution in [2.24, 2.45) is 10.8 Å². The SMILES string of the molecule is CC(=O)N1CCN(C(=O)C(=O)N2CC3(C)CC2CC(C)(C)C3)CC1. The fourth-order valence-corrected chi connectivity index (χ4v) is 5.18. The van der Waals surface area contributed by atoms with Crippen LogP contribution in [0, 0.1) is 10.8 Å². The third-order valence-electron chi connectivity index (χ3n) is 5.87. The summed E-state index contributed by atoms with van der Waals surface area (Å²) in [5.74, 6) is -0.721. The third-order valence-corrected chi connectivity index (χ3v) is 5.87. The number of carbonyl (C=O) groups is 3. The second-order valence-electron chi connectivity index (χ2n) is 8.95. The number of hydrogen-bond acceptors (Lipinski definition) is 3. The first-order chi connectivity index (χ1) is 11.1. The van der Waals surface area contributed by atoms with Crippen molar-refractivity contribution in [2.75, 3.05) is 32.7 Å². The maximum atomic E-state index is 12.8. The zero-order valence-electron chi connectivity index (χ0n) is 15.3. The Hall–Kier alpha value is -1.59. The van der Waals surface area contributed by atoms with Crippen molar-refractivity contribution in [3.05, 3.63) is 0 Å². The summed E-state index contributed by atoms with van der Waals surface area (Å²) < 4.78 is 0. The second-order valence-corrected chi connectivity index (χ2v) is 8.95. The van der Waals surface area contributed by atoms with Crippen molar-refractivity contribution in [1.82, 2.24) is 14.7 Å². The molecule has 0 N–H and O–H groups in total. The molecule has 2 saturated heterocycles. The highest BCUT2D eigenvalue weighted by Crippen LogP contribution is 2.52. The molecule has 0 aromatic carbocycles. The molecule has 0 aromatic rings. The Morgan fingerprint density at radius 2 is 1.46 bits per heavy atom. The van der Waals surface area contributed by atoms with Gasteiger partial charge in [0.15, 0.2) is 0 Å². The van der Waals surface area contributed by atoms with Gasteiger partial charge in [-0.05, 0) is 30.1 Å². The van der Waals surface area contributed by atoms with Crippen molar-refractivity contribution >= 4 is 17.7 Å². The smallest absolute Gasteiger partial charge is 0.312 e. The summed E-state index contributed by atoms with van der Waals surface area (Å²) in [6.07, 6.45) is 3.08. The standard InChI is InChI=1S/C18H29N3O3/c1-13(22)19-5-7-20(8-6-19)15(23)16(24)21-12-18(4)10-14(21)9-17(2,3)11-18/h14H,5-12H2,1-4H3. The van der Waals surface area contributed by atoms with Gasteiger partial charge in [-0.2, -0.15) is 0 Å². The number of nitrogens with zero attached hydrogens (tertiary/aromatic N) is 3. The van der Waals surface area contributed by atoms with Gasteiger partial charge < -0.3 is 14.7 Å². The highest BCUT2D eigenvalue weighted by Gasteiger charge is 2.52. The minimum absolute atomic E-state index is 0.0249. The molecule has 2 atom stereocenters. The van der Waals surface area contributed by atoms with Gasteiger partial charge in [0.25, 0.3) is 0 Å². The number of hydrogen-bond donors (Lipinski definition) is 0. The molecule has 6 nitrogen and oxygen atoms in total. The van der Waals surface area contributed by atoms with Crippen molar-refractivity contribution in [2.45, 2.75) is 53.0 Å². The monoisotopic (exact) mass is 335 g/mol. The van der Waals surface area contributed by atoms with E-state index >= 15 is 0 Å². The van der Waals surface area contributed by atoms with Gasteiger partial charge in [-0.1, -0.05) is 20.8 Å². The van der Waals surface area contributed by atoms with E-state index in [9.17, 15) is 14.4 Å². The Bertz CT molecular complexity index is 566. The van der Waals surface area contributed by atoms with Crippen LogP contribution in [0.15, 0.2) is 0 Å². The average molecular weight is 335 g/mol. The fourth-order valence-electron chi connectivity index (χ4n) is 5.18. The first kappa shape index (κ1) is 17.2. The van der Waals surface area contributed by atoms with Gasteiger partial charge in [0.05, 0.1) is 0 Å². The molecule has 24 heavy (non-hydrogen) atoms. The second kappa shape index (κ2) is 5.74. The van der Waals surface area contributed by atoms with E-state index in [0.717, 1.165) is 19.3 Å². The predicted molar refractivity (Wildman–Crippen MR) is 90.1 cm³/mol. The normalized spacial score (nSPS) is 32.0. The minimum atomic E-state index is -0.396. The molecular formula is C18H29N3O3. The highest BCUT2D eigenvalue weighted by molar-refractivity contribution is 6.35. The van der Waals surface area contributed by atoms with Crippen molar-refractivity contribution < 1.29 is 14.4 Å². The van der Waals surface area contributed by atoms with Crippen LogP contribution in [0.25, 0.3) is 0 Å². The number of fused-ring (bicyclic) bond motifs is 2. The van der Waals surface area contributed by atoms with E-state index in [-0.39, 0.29) is 28.7 Å². The van der Waals surface area contributed by atoms with E-state index in [1.807, 2.05) is 4.90 Å². The van der Waals surface area contributed by atoms with E-state index in [4.69, 9.17) is 0 Å². The van der Waals surface area contributed by atoms with Crippen LogP contribution in [-0.2, 0) is 14.4 Å². The Morgan fingerprint density at radius 1 is 0.875 bits per heavy atom. The molecule has 2 unspecified atom stereocenters. The molecule has 1 saturated carbocycles. The summed E-state index contributed by atoms with van der Waals surface area (Å²) in [4.78, 5) is 42.0. The van der Waals surface area contributed by atoms with Crippen LogP contribution in [0.5, 0.6) is 0 Å². The molecule has 2 aliphatic heterocycles. The number of amides is 3. The Morgan fingerprint density at radius 3 is 2.04 bits per heavy atom. The van der Waals surface area contributed by atoms with E-state index in [1.54, 1.807) is 9.80 Å². The van der Waals surface area contributed by atoms with Crippen LogP contribution in [0.3, 0.4) is 0 Å². The molecular weight excluding hydrogens is 306 g/mol. The fraction of sp³-hybridized carbons (Fsp3) is 0.833. The maximum absolute atomic E-state index is 12.8. The summed E-state index contributed by atoms with van der Waals surface area (Å²) in [7, 11) is 0. The Balaban J connectivity index is 1.65. The molecule has 134 valence electrons. The molecule has 2 bridgehead atoms. The molecule has 6 heteroatoms. The lowest BCUT2D eigenvalue weighted by Crippen LogP contribution is -2.54. The highest BCUT2D eigenvalue weighted by atomic mass is 16.2. The number of piperazine rings is 1.